The molecule has 2 aliphatic rings. The van der Waals surface area contributed by atoms with Gasteiger partial charge in [-0.2, -0.15) is 0 Å². The molecule has 0 bridgehead atoms. The molecule has 0 spiro atoms. The molecule has 0 aromatic carbocycles. The highest BCUT2D eigenvalue weighted by Crippen LogP contribution is 2.48. The average molecular weight is 184 g/mol. The van der Waals surface area contributed by atoms with Gasteiger partial charge in [-0.25, -0.2) is 4.79 Å². The van der Waals surface area contributed by atoms with Crippen molar-refractivity contribution in [3.05, 3.63) is 0 Å². The number of ether oxygens (including phenoxy) is 1. The van der Waals surface area contributed by atoms with E-state index in [0.717, 1.165) is 24.9 Å². The molecule has 4 nitrogen and oxygen atoms in total. The molecule has 0 aromatic heterocycles. The molecule has 2 fully saturated rings. The second kappa shape index (κ2) is 3.18. The average Bonchev–Trinajstić information content (AvgIpc) is 2.57. The first-order chi connectivity index (χ1) is 6.20. The van der Waals surface area contributed by atoms with Crippen LogP contribution in [0.5, 0.6) is 0 Å². The molecule has 0 aromatic rings. The van der Waals surface area contributed by atoms with E-state index in [1.807, 2.05) is 0 Å². The lowest BCUT2D eigenvalue weighted by atomic mass is 10.3. The number of nitrogens with zero attached hydrogens (tertiary/aromatic N) is 1. The molecular weight excluding hydrogens is 168 g/mol. The highest BCUT2D eigenvalue weighted by Gasteiger charge is 2.53. The number of carbonyl (C=O) groups is 1. The number of fused-ring (bicyclic) bond motifs is 1. The molecule has 2 rings (SSSR count). The van der Waals surface area contributed by atoms with Gasteiger partial charge in [0.2, 0.25) is 0 Å². The third-order valence-electron chi connectivity index (χ3n) is 3.03. The third-order valence-corrected chi connectivity index (χ3v) is 3.03. The van der Waals surface area contributed by atoms with E-state index in [0.29, 0.717) is 12.5 Å². The molecule has 13 heavy (non-hydrogen) atoms. The highest BCUT2D eigenvalue weighted by molar-refractivity contribution is 5.66. The van der Waals surface area contributed by atoms with Crippen LogP contribution >= 0.6 is 0 Å². The molecule has 1 aliphatic heterocycles. The minimum Gasteiger partial charge on any atom is -0.449 e. The van der Waals surface area contributed by atoms with Crippen LogP contribution in [-0.4, -0.2) is 44.8 Å². The van der Waals surface area contributed by atoms with Crippen LogP contribution in [0.2, 0.25) is 0 Å². The van der Waals surface area contributed by atoms with E-state index in [-0.39, 0.29) is 6.09 Å². The Balaban J connectivity index is 1.67. The van der Waals surface area contributed by atoms with Crippen LogP contribution < -0.4 is 5.32 Å². The zero-order valence-corrected chi connectivity index (χ0v) is 8.12. The monoisotopic (exact) mass is 184 g/mol. The number of rotatable bonds is 2. The molecule has 4 heteroatoms. The number of carbonyl (C=O) groups excluding carboxylic acids is 1. The Kier molecular flexibility index (Phi) is 2.15. The summed E-state index contributed by atoms with van der Waals surface area (Å²) in [6.07, 6.45) is -0.224. The van der Waals surface area contributed by atoms with Crippen molar-refractivity contribution < 1.29 is 9.53 Å². The summed E-state index contributed by atoms with van der Waals surface area (Å²) in [5.41, 5.74) is 0. The fourth-order valence-electron chi connectivity index (χ4n) is 2.09. The summed E-state index contributed by atoms with van der Waals surface area (Å²) >= 11 is 0. The molecule has 1 N–H and O–H groups in total. The maximum Gasteiger partial charge on any atom is 0.409 e. The van der Waals surface area contributed by atoms with Gasteiger partial charge in [0.25, 0.3) is 0 Å². The fraction of sp³-hybridized carbons (Fsp3) is 0.889. The molecule has 0 unspecified atom stereocenters. The summed E-state index contributed by atoms with van der Waals surface area (Å²) in [4.78, 5) is 12.6. The van der Waals surface area contributed by atoms with Gasteiger partial charge in [0.15, 0.2) is 0 Å². The van der Waals surface area contributed by atoms with E-state index in [4.69, 9.17) is 4.74 Å². The molecule has 1 heterocycles. The Morgan fingerprint density at radius 1 is 1.46 bits per heavy atom. The van der Waals surface area contributed by atoms with Crippen LogP contribution in [0.15, 0.2) is 0 Å². The van der Waals surface area contributed by atoms with Crippen LogP contribution in [0.3, 0.4) is 0 Å². The summed E-state index contributed by atoms with van der Waals surface area (Å²) in [7, 11) is 3.41. The van der Waals surface area contributed by atoms with E-state index in [1.165, 1.54) is 4.90 Å². The van der Waals surface area contributed by atoms with Crippen molar-refractivity contribution in [2.45, 2.75) is 0 Å². The summed E-state index contributed by atoms with van der Waals surface area (Å²) < 4.78 is 5.12. The van der Waals surface area contributed by atoms with Gasteiger partial charge in [0.1, 0.15) is 0 Å². The van der Waals surface area contributed by atoms with Gasteiger partial charge in [-0.15, -0.1) is 0 Å². The topological polar surface area (TPSA) is 41.6 Å². The Bertz CT molecular complexity index is 208. The Hall–Kier alpha value is -0.770. The first kappa shape index (κ1) is 8.81. The van der Waals surface area contributed by atoms with Crippen molar-refractivity contribution in [3.8, 4) is 0 Å². The summed E-state index contributed by atoms with van der Waals surface area (Å²) in [6.45, 7) is 2.82. The van der Waals surface area contributed by atoms with E-state index >= 15 is 0 Å². The van der Waals surface area contributed by atoms with Gasteiger partial charge in [0, 0.05) is 20.0 Å². The zero-order chi connectivity index (χ0) is 9.42. The van der Waals surface area contributed by atoms with Crippen molar-refractivity contribution in [3.63, 3.8) is 0 Å². The SMILES string of the molecule is CN(C)C(=O)OC[C@H]1[C@@H]2CNC[C@@H]21. The van der Waals surface area contributed by atoms with Crippen LogP contribution in [0, 0.1) is 17.8 Å². The standard InChI is InChI=1S/C9H16N2O2/c1-11(2)9(12)13-5-8-6-3-10-4-7(6)8/h6-8,10H,3-5H2,1-2H3/t6-,7+,8+. The van der Waals surface area contributed by atoms with Crippen LogP contribution in [0.4, 0.5) is 4.79 Å². The van der Waals surface area contributed by atoms with E-state index < -0.39 is 0 Å². The van der Waals surface area contributed by atoms with Crippen molar-refractivity contribution in [1.82, 2.24) is 10.2 Å². The summed E-state index contributed by atoms with van der Waals surface area (Å²) in [6, 6.07) is 0. The lowest BCUT2D eigenvalue weighted by Crippen LogP contribution is -2.25. The predicted molar refractivity (Wildman–Crippen MR) is 48.4 cm³/mol. The Morgan fingerprint density at radius 2 is 2.08 bits per heavy atom. The van der Waals surface area contributed by atoms with Crippen molar-refractivity contribution in [2.75, 3.05) is 33.8 Å². The van der Waals surface area contributed by atoms with E-state index in [2.05, 4.69) is 5.32 Å². The lowest BCUT2D eigenvalue weighted by Gasteiger charge is -2.11. The van der Waals surface area contributed by atoms with Gasteiger partial charge in [-0.3, -0.25) is 0 Å². The zero-order valence-electron chi connectivity index (χ0n) is 8.12. The second-order valence-corrected chi connectivity index (χ2v) is 4.12. The van der Waals surface area contributed by atoms with Crippen molar-refractivity contribution in [2.24, 2.45) is 17.8 Å². The Morgan fingerprint density at radius 3 is 2.62 bits per heavy atom. The third kappa shape index (κ3) is 1.63. The fourth-order valence-corrected chi connectivity index (χ4v) is 2.09. The van der Waals surface area contributed by atoms with Gasteiger partial charge in [-0.05, 0) is 24.9 Å². The molecule has 1 saturated heterocycles. The van der Waals surface area contributed by atoms with E-state index in [1.54, 1.807) is 14.1 Å². The molecule has 0 radical (unpaired) electrons. The maximum absolute atomic E-state index is 11.1. The van der Waals surface area contributed by atoms with Gasteiger partial charge in [0.05, 0.1) is 6.61 Å². The smallest absolute Gasteiger partial charge is 0.409 e. The molecule has 1 saturated carbocycles. The molecule has 3 atom stereocenters. The minimum atomic E-state index is -0.224. The van der Waals surface area contributed by atoms with Crippen molar-refractivity contribution in [1.29, 1.82) is 0 Å². The molecule has 74 valence electrons. The van der Waals surface area contributed by atoms with Crippen LogP contribution in [-0.2, 0) is 4.74 Å². The quantitative estimate of drug-likeness (QED) is 0.664. The van der Waals surface area contributed by atoms with Gasteiger partial charge >= 0.3 is 6.09 Å². The lowest BCUT2D eigenvalue weighted by molar-refractivity contribution is 0.110. The number of nitrogens with one attached hydrogen (secondary N) is 1. The number of amides is 1. The molecular formula is C9H16N2O2. The second-order valence-electron chi connectivity index (χ2n) is 4.12. The Labute approximate surface area is 78.2 Å². The number of hydrogen-bond donors (Lipinski definition) is 1. The van der Waals surface area contributed by atoms with E-state index in [9.17, 15) is 4.79 Å². The van der Waals surface area contributed by atoms with Gasteiger partial charge < -0.3 is 15.0 Å². The minimum absolute atomic E-state index is 0.224. The van der Waals surface area contributed by atoms with Crippen molar-refractivity contribution >= 4 is 6.09 Å². The predicted octanol–water partition coefficient (Wildman–Crippen LogP) is 0.150. The van der Waals surface area contributed by atoms with Crippen LogP contribution in [0.1, 0.15) is 0 Å². The number of hydrogen-bond acceptors (Lipinski definition) is 3. The first-order valence-corrected chi connectivity index (χ1v) is 4.75. The first-order valence-electron chi connectivity index (χ1n) is 4.75. The maximum atomic E-state index is 11.1. The summed E-state index contributed by atoms with van der Waals surface area (Å²) in [5, 5.41) is 3.31. The number of piperidine rings is 1. The highest BCUT2D eigenvalue weighted by atomic mass is 16.6. The molecule has 1 aliphatic carbocycles. The normalized spacial score (nSPS) is 35.4. The summed E-state index contributed by atoms with van der Waals surface area (Å²) in [5.74, 6) is 2.18. The van der Waals surface area contributed by atoms with Gasteiger partial charge in [-0.1, -0.05) is 0 Å². The van der Waals surface area contributed by atoms with Crippen LogP contribution in [0.25, 0.3) is 0 Å². The molecule has 1 amide bonds. The largest absolute Gasteiger partial charge is 0.449 e.